The molecule has 0 unspecified atom stereocenters. The number of nitrogens with zero attached hydrogens (tertiary/aromatic N) is 1. The van der Waals surface area contributed by atoms with Crippen LogP contribution in [0.5, 0.6) is 0 Å². The zero-order valence-electron chi connectivity index (χ0n) is 8.81. The van der Waals surface area contributed by atoms with E-state index in [9.17, 15) is 4.79 Å². The lowest BCUT2D eigenvalue weighted by molar-refractivity contribution is 0.100. The van der Waals surface area contributed by atoms with Crippen molar-refractivity contribution in [2.24, 2.45) is 5.73 Å². The van der Waals surface area contributed by atoms with E-state index in [0.29, 0.717) is 10.6 Å². The lowest BCUT2D eigenvalue weighted by Gasteiger charge is -1.97. The molecule has 0 fully saturated rings. The zero-order chi connectivity index (χ0) is 12.0. The Balaban J connectivity index is 2.44. The number of anilines is 1. The van der Waals surface area contributed by atoms with E-state index in [-0.39, 0.29) is 0 Å². The molecule has 17 heavy (non-hydrogen) atoms. The van der Waals surface area contributed by atoms with Crippen LogP contribution in [0.1, 0.15) is 9.67 Å². The summed E-state index contributed by atoms with van der Waals surface area (Å²) in [7, 11) is 0. The fourth-order valence-electron chi connectivity index (χ4n) is 1.83. The molecule has 1 aromatic carbocycles. The lowest BCUT2D eigenvalue weighted by Crippen LogP contribution is -2.10. The summed E-state index contributed by atoms with van der Waals surface area (Å²) in [5, 5.41) is 1.79. The number of rotatable bonds is 1. The van der Waals surface area contributed by atoms with Crippen molar-refractivity contribution in [1.82, 2.24) is 4.98 Å². The quantitative estimate of drug-likeness (QED) is 0.686. The molecular weight excluding hydrogens is 234 g/mol. The van der Waals surface area contributed by atoms with E-state index >= 15 is 0 Å². The molecule has 3 rings (SSSR count). The number of amides is 1. The number of aromatic nitrogens is 1. The number of pyridine rings is 1. The Morgan fingerprint density at radius 3 is 2.82 bits per heavy atom. The highest BCUT2D eigenvalue weighted by atomic mass is 32.1. The van der Waals surface area contributed by atoms with Gasteiger partial charge in [0.1, 0.15) is 9.71 Å². The Bertz CT molecular complexity index is 748. The molecular formula is C12H9N3OS. The van der Waals surface area contributed by atoms with Crippen molar-refractivity contribution in [3.05, 3.63) is 35.2 Å². The highest BCUT2D eigenvalue weighted by Crippen LogP contribution is 2.33. The third kappa shape index (κ3) is 1.43. The molecule has 3 aromatic rings. The summed E-state index contributed by atoms with van der Waals surface area (Å²) in [5.74, 6) is -0.505. The van der Waals surface area contributed by atoms with Gasteiger partial charge in [-0.3, -0.25) is 4.79 Å². The van der Waals surface area contributed by atoms with Crippen LogP contribution in [0.15, 0.2) is 30.3 Å². The van der Waals surface area contributed by atoms with Gasteiger partial charge in [0.05, 0.1) is 11.2 Å². The molecule has 2 aromatic heterocycles. The van der Waals surface area contributed by atoms with Gasteiger partial charge in [-0.2, -0.15) is 0 Å². The highest BCUT2D eigenvalue weighted by Gasteiger charge is 2.15. The molecule has 1 amide bonds. The molecule has 4 nitrogen and oxygen atoms in total. The highest BCUT2D eigenvalue weighted by molar-refractivity contribution is 7.21. The maximum Gasteiger partial charge on any atom is 0.260 e. The predicted octanol–water partition coefficient (Wildman–Crippen LogP) is 2.13. The number of para-hydroxylation sites is 1. The first-order valence-corrected chi connectivity index (χ1v) is 5.86. The van der Waals surface area contributed by atoms with Gasteiger partial charge < -0.3 is 11.5 Å². The average Bonchev–Trinajstić information content (AvgIpc) is 2.64. The lowest BCUT2D eigenvalue weighted by atomic mass is 10.1. The predicted molar refractivity (Wildman–Crippen MR) is 70.1 cm³/mol. The summed E-state index contributed by atoms with van der Waals surface area (Å²) in [4.78, 5) is 16.8. The average molecular weight is 243 g/mol. The molecule has 0 aliphatic heterocycles. The van der Waals surface area contributed by atoms with Crippen LogP contribution in [0.2, 0.25) is 0 Å². The molecule has 0 aliphatic rings. The van der Waals surface area contributed by atoms with Crippen molar-refractivity contribution in [3.8, 4) is 0 Å². The number of hydrogen-bond donors (Lipinski definition) is 2. The van der Waals surface area contributed by atoms with Gasteiger partial charge in [-0.15, -0.1) is 11.3 Å². The number of carbonyl (C=O) groups is 1. The third-order valence-electron chi connectivity index (χ3n) is 2.65. The monoisotopic (exact) mass is 243 g/mol. The van der Waals surface area contributed by atoms with Crippen molar-refractivity contribution in [2.45, 2.75) is 0 Å². The second kappa shape index (κ2) is 3.43. The van der Waals surface area contributed by atoms with Gasteiger partial charge >= 0.3 is 0 Å². The topological polar surface area (TPSA) is 82.0 Å². The zero-order valence-corrected chi connectivity index (χ0v) is 9.62. The smallest absolute Gasteiger partial charge is 0.260 e. The van der Waals surface area contributed by atoms with E-state index in [1.165, 1.54) is 11.3 Å². The van der Waals surface area contributed by atoms with Gasteiger partial charge in [0, 0.05) is 10.8 Å². The first-order chi connectivity index (χ1) is 8.16. The standard InChI is InChI=1S/C12H9N3OS/c13-9-7-5-6-3-1-2-4-8(6)15-12(7)17-10(9)11(14)16/h1-5H,13H2,(H2,14,16). The first kappa shape index (κ1) is 10.0. The van der Waals surface area contributed by atoms with Crippen LogP contribution in [0.3, 0.4) is 0 Å². The van der Waals surface area contributed by atoms with Crippen molar-refractivity contribution in [2.75, 3.05) is 5.73 Å². The van der Waals surface area contributed by atoms with Gasteiger partial charge in [-0.05, 0) is 12.1 Å². The minimum atomic E-state index is -0.505. The van der Waals surface area contributed by atoms with Crippen LogP contribution >= 0.6 is 11.3 Å². The molecule has 0 saturated carbocycles. The van der Waals surface area contributed by atoms with Crippen molar-refractivity contribution >= 4 is 44.1 Å². The molecule has 5 heteroatoms. The molecule has 0 spiro atoms. The van der Waals surface area contributed by atoms with E-state index in [0.717, 1.165) is 21.1 Å². The van der Waals surface area contributed by atoms with E-state index in [1.807, 2.05) is 30.3 Å². The van der Waals surface area contributed by atoms with Crippen LogP contribution < -0.4 is 11.5 Å². The number of thiophene rings is 1. The summed E-state index contributed by atoms with van der Waals surface area (Å²) in [5.41, 5.74) is 12.5. The second-order valence-electron chi connectivity index (χ2n) is 3.74. The van der Waals surface area contributed by atoms with E-state index in [4.69, 9.17) is 11.5 Å². The molecule has 0 radical (unpaired) electrons. The Morgan fingerprint density at radius 1 is 1.29 bits per heavy atom. The minimum absolute atomic E-state index is 0.378. The van der Waals surface area contributed by atoms with Crippen molar-refractivity contribution in [3.63, 3.8) is 0 Å². The fourth-order valence-corrected chi connectivity index (χ4v) is 2.76. The number of benzene rings is 1. The van der Waals surface area contributed by atoms with Gasteiger partial charge in [0.2, 0.25) is 0 Å². The molecule has 0 aliphatic carbocycles. The van der Waals surface area contributed by atoms with Crippen molar-refractivity contribution in [1.29, 1.82) is 0 Å². The Morgan fingerprint density at radius 2 is 2.06 bits per heavy atom. The molecule has 0 bridgehead atoms. The number of carbonyl (C=O) groups excluding carboxylic acids is 1. The Labute approximate surface area is 101 Å². The van der Waals surface area contributed by atoms with Gasteiger partial charge in [0.15, 0.2) is 0 Å². The SMILES string of the molecule is NC(=O)c1sc2nc3ccccc3cc2c1N. The second-order valence-corrected chi connectivity index (χ2v) is 4.74. The van der Waals surface area contributed by atoms with Gasteiger partial charge in [-0.25, -0.2) is 4.98 Å². The fraction of sp³-hybridized carbons (Fsp3) is 0. The molecule has 0 saturated heterocycles. The van der Waals surface area contributed by atoms with E-state index < -0.39 is 5.91 Å². The normalized spacial score (nSPS) is 11.1. The molecule has 2 heterocycles. The number of fused-ring (bicyclic) bond motifs is 2. The maximum absolute atomic E-state index is 11.2. The molecule has 4 N–H and O–H groups in total. The van der Waals surface area contributed by atoms with Crippen molar-refractivity contribution < 1.29 is 4.79 Å². The molecule has 84 valence electrons. The Kier molecular flexibility index (Phi) is 2.02. The van der Waals surface area contributed by atoms with Crippen LogP contribution in [-0.2, 0) is 0 Å². The third-order valence-corrected chi connectivity index (χ3v) is 3.78. The van der Waals surface area contributed by atoms with E-state index in [2.05, 4.69) is 4.98 Å². The number of nitrogen functional groups attached to an aromatic ring is 1. The summed E-state index contributed by atoms with van der Waals surface area (Å²) < 4.78 is 0. The largest absolute Gasteiger partial charge is 0.397 e. The van der Waals surface area contributed by atoms with Crippen LogP contribution in [0.25, 0.3) is 21.1 Å². The van der Waals surface area contributed by atoms with Crippen LogP contribution in [0, 0.1) is 0 Å². The summed E-state index contributed by atoms with van der Waals surface area (Å²) >= 11 is 1.24. The van der Waals surface area contributed by atoms with Gasteiger partial charge in [-0.1, -0.05) is 18.2 Å². The summed E-state index contributed by atoms with van der Waals surface area (Å²) in [6.07, 6.45) is 0. The molecule has 0 atom stereocenters. The summed E-state index contributed by atoms with van der Waals surface area (Å²) in [6, 6.07) is 9.69. The summed E-state index contributed by atoms with van der Waals surface area (Å²) in [6.45, 7) is 0. The van der Waals surface area contributed by atoms with E-state index in [1.54, 1.807) is 0 Å². The number of hydrogen-bond acceptors (Lipinski definition) is 4. The van der Waals surface area contributed by atoms with Crippen LogP contribution in [0.4, 0.5) is 5.69 Å². The maximum atomic E-state index is 11.2. The number of primary amides is 1. The minimum Gasteiger partial charge on any atom is -0.397 e. The first-order valence-electron chi connectivity index (χ1n) is 5.04. The Hall–Kier alpha value is -2.14. The van der Waals surface area contributed by atoms with Crippen LogP contribution in [-0.4, -0.2) is 10.9 Å². The van der Waals surface area contributed by atoms with Gasteiger partial charge in [0.25, 0.3) is 5.91 Å². The number of nitrogens with two attached hydrogens (primary N) is 2.